The number of carbonyl (C=O) groups excluding carboxylic acids is 2. The molecule has 52 heavy (non-hydrogen) atoms. The van der Waals surface area contributed by atoms with Gasteiger partial charge in [-0.1, -0.05) is 38.1 Å². The lowest BCUT2D eigenvalue weighted by atomic mass is 10.0. The van der Waals surface area contributed by atoms with Crippen LogP contribution in [0.4, 0.5) is 0 Å². The van der Waals surface area contributed by atoms with Crippen LogP contribution >= 0.6 is 0 Å². The molecule has 0 radical (unpaired) electrons. The van der Waals surface area contributed by atoms with Crippen LogP contribution in [-0.2, 0) is 13.1 Å². The normalized spacial score (nSPS) is 10.9. The maximum atomic E-state index is 12.5. The van der Waals surface area contributed by atoms with Crippen molar-refractivity contribution >= 4 is 45.8 Å². The highest BCUT2D eigenvalue weighted by Gasteiger charge is 2.27. The highest BCUT2D eigenvalue weighted by atomic mass is 16.5. The number of ether oxygens (including phenoxy) is 2. The number of nitrogens with zero attached hydrogens (tertiary/aromatic N) is 4. The molecule has 6 N–H and O–H groups in total. The Balaban J connectivity index is 0.00000257. The summed E-state index contributed by atoms with van der Waals surface area (Å²) in [4.78, 5) is 59.3. The Kier molecular flexibility index (Phi) is 10.3. The second kappa shape index (κ2) is 14.6. The molecule has 0 aliphatic carbocycles. The first-order valence-corrected chi connectivity index (χ1v) is 16.3. The number of aromatic carboxylic acids is 2. The lowest BCUT2D eigenvalue weighted by molar-refractivity contribution is 0.0686. The highest BCUT2D eigenvalue weighted by Crippen LogP contribution is 2.38. The van der Waals surface area contributed by atoms with Crippen LogP contribution in [-0.4, -0.2) is 67.3 Å². The molecule has 0 bridgehead atoms. The van der Waals surface area contributed by atoms with Gasteiger partial charge in [-0.2, -0.15) is 0 Å². The van der Waals surface area contributed by atoms with E-state index in [-0.39, 0.29) is 69.5 Å². The van der Waals surface area contributed by atoms with Crippen LogP contribution < -0.4 is 20.9 Å². The number of primary amides is 2. The van der Waals surface area contributed by atoms with Crippen molar-refractivity contribution in [1.29, 1.82) is 0 Å². The molecular formula is C38H38N6O8. The first-order chi connectivity index (χ1) is 24.9. The van der Waals surface area contributed by atoms with Crippen LogP contribution in [0.5, 0.6) is 11.5 Å². The van der Waals surface area contributed by atoms with Gasteiger partial charge >= 0.3 is 11.9 Å². The molecule has 6 rings (SSSR count). The van der Waals surface area contributed by atoms with Crippen molar-refractivity contribution in [2.75, 3.05) is 14.2 Å². The van der Waals surface area contributed by atoms with Gasteiger partial charge in [-0.05, 0) is 61.4 Å². The van der Waals surface area contributed by atoms with Gasteiger partial charge in [0.2, 0.25) is 0 Å². The molecule has 0 saturated heterocycles. The third-order valence-corrected chi connectivity index (χ3v) is 8.69. The van der Waals surface area contributed by atoms with E-state index < -0.39 is 23.8 Å². The molecule has 0 fully saturated rings. The van der Waals surface area contributed by atoms with Crippen LogP contribution in [0, 0.1) is 13.8 Å². The Labute approximate surface area is 298 Å². The summed E-state index contributed by atoms with van der Waals surface area (Å²) >= 11 is 0. The van der Waals surface area contributed by atoms with Crippen LogP contribution in [0.2, 0.25) is 0 Å². The fourth-order valence-corrected chi connectivity index (χ4v) is 6.46. The minimum absolute atomic E-state index is 0.0131. The molecule has 6 aromatic rings. The molecule has 0 aliphatic rings. The quantitative estimate of drug-likeness (QED) is 0.129. The Morgan fingerprint density at radius 3 is 1.29 bits per heavy atom. The Morgan fingerprint density at radius 2 is 0.981 bits per heavy atom. The summed E-state index contributed by atoms with van der Waals surface area (Å²) in [5.74, 6) is -2.94. The maximum Gasteiger partial charge on any atom is 0.336 e. The number of carboxylic acids is 2. The fraction of sp³-hybridized carbons (Fsp3) is 0.211. The molecule has 14 nitrogen and oxygen atoms in total. The van der Waals surface area contributed by atoms with Crippen molar-refractivity contribution < 1.29 is 38.9 Å². The number of carboxylic acid groups (broad SMARTS) is 2. The molecule has 0 spiro atoms. The van der Waals surface area contributed by atoms with E-state index in [1.165, 1.54) is 38.5 Å². The van der Waals surface area contributed by atoms with E-state index in [2.05, 4.69) is 0 Å². The molecule has 2 aromatic heterocycles. The Bertz CT molecular complexity index is 2240. The average molecular weight is 707 g/mol. The van der Waals surface area contributed by atoms with Crippen molar-refractivity contribution in [3.63, 3.8) is 0 Å². The predicted molar refractivity (Wildman–Crippen MR) is 195 cm³/mol. The van der Waals surface area contributed by atoms with E-state index in [4.69, 9.17) is 30.9 Å². The van der Waals surface area contributed by atoms with E-state index in [1.54, 1.807) is 59.4 Å². The minimum Gasteiger partial charge on any atom is -0.494 e. The van der Waals surface area contributed by atoms with E-state index in [1.807, 2.05) is 13.8 Å². The van der Waals surface area contributed by atoms with Crippen molar-refractivity contribution in [2.45, 2.75) is 40.8 Å². The zero-order valence-electron chi connectivity index (χ0n) is 29.5. The Morgan fingerprint density at radius 1 is 0.615 bits per heavy atom. The fourth-order valence-electron chi connectivity index (χ4n) is 6.46. The molecule has 2 amide bonds. The monoisotopic (exact) mass is 706 g/mol. The van der Waals surface area contributed by atoms with Crippen LogP contribution in [0.25, 0.3) is 44.8 Å². The number of fused-ring (bicyclic) bond motifs is 2. The van der Waals surface area contributed by atoms with Gasteiger partial charge in [-0.25, -0.2) is 19.6 Å². The zero-order valence-corrected chi connectivity index (χ0v) is 29.5. The second-order valence-electron chi connectivity index (χ2n) is 11.5. The standard InChI is InChI=1S/C36H32N6O8.C2H6/c1-17-7-5-9-19(35(45)46)25(17)33-39-27-23(13-11-21(31(37)43)29(27)49-3)41(33)15-16-42-24-14-12-22(32(38)44)30(50-4)28(24)40-34(42)26-18(2)8-6-10-20(26)36(47)48;1-2/h5-14H,15-16H2,1-4H3,(H2,37,43)(H2,38,44)(H,45,46)(H,47,48);1-2H3. The van der Waals surface area contributed by atoms with Gasteiger partial charge in [0.25, 0.3) is 11.8 Å². The lowest BCUT2D eigenvalue weighted by Crippen LogP contribution is -2.14. The Hall–Kier alpha value is -6.70. The van der Waals surface area contributed by atoms with Gasteiger partial charge in [0.1, 0.15) is 22.7 Å². The summed E-state index contributed by atoms with van der Waals surface area (Å²) in [6, 6.07) is 16.1. The predicted octanol–water partition coefficient (Wildman–Crippen LogP) is 5.67. The number of aryl methyl sites for hydroxylation is 4. The number of aromatic nitrogens is 4. The molecule has 2 heterocycles. The first kappa shape index (κ1) is 36.6. The highest BCUT2D eigenvalue weighted by molar-refractivity contribution is 6.04. The summed E-state index contributed by atoms with van der Waals surface area (Å²) in [5, 5.41) is 20.4. The molecular weight excluding hydrogens is 668 g/mol. The van der Waals surface area contributed by atoms with Crippen LogP contribution in [0.3, 0.4) is 0 Å². The van der Waals surface area contributed by atoms with E-state index >= 15 is 0 Å². The summed E-state index contributed by atoms with van der Waals surface area (Å²) in [5.41, 5.74) is 15.1. The molecule has 0 saturated carbocycles. The molecule has 268 valence electrons. The number of methoxy groups -OCH3 is 2. The summed E-state index contributed by atoms with van der Waals surface area (Å²) < 4.78 is 14.8. The third-order valence-electron chi connectivity index (χ3n) is 8.69. The third kappa shape index (κ3) is 6.14. The van der Waals surface area contributed by atoms with E-state index in [0.29, 0.717) is 33.3 Å². The molecule has 0 atom stereocenters. The van der Waals surface area contributed by atoms with E-state index in [0.717, 1.165) is 0 Å². The molecule has 0 aliphatic heterocycles. The number of benzene rings is 4. The van der Waals surface area contributed by atoms with Crippen LogP contribution in [0.15, 0.2) is 60.7 Å². The number of carbonyl (C=O) groups is 4. The van der Waals surface area contributed by atoms with Gasteiger partial charge in [0.05, 0.1) is 47.5 Å². The van der Waals surface area contributed by atoms with Crippen molar-refractivity contribution in [1.82, 2.24) is 19.1 Å². The van der Waals surface area contributed by atoms with Gasteiger partial charge < -0.3 is 40.3 Å². The van der Waals surface area contributed by atoms with Gasteiger partial charge in [0, 0.05) is 24.2 Å². The van der Waals surface area contributed by atoms with Crippen molar-refractivity contribution in [2.24, 2.45) is 11.5 Å². The van der Waals surface area contributed by atoms with E-state index in [9.17, 15) is 29.4 Å². The van der Waals surface area contributed by atoms with Crippen LogP contribution in [0.1, 0.15) is 66.4 Å². The number of nitrogens with two attached hydrogens (primary N) is 2. The van der Waals surface area contributed by atoms with Crippen molar-refractivity contribution in [3.05, 3.63) is 94.0 Å². The van der Waals surface area contributed by atoms with Crippen molar-refractivity contribution in [3.8, 4) is 34.3 Å². The minimum atomic E-state index is -1.16. The molecule has 14 heteroatoms. The van der Waals surface area contributed by atoms with Gasteiger partial charge in [0.15, 0.2) is 11.5 Å². The number of rotatable bonds is 11. The zero-order chi connectivity index (χ0) is 38.0. The molecule has 0 unspecified atom stereocenters. The maximum absolute atomic E-state index is 12.5. The largest absolute Gasteiger partial charge is 0.494 e. The SMILES string of the molecule is CC.COc1c(C(N)=O)ccc2c1nc(-c1c(C)cccc1C(=O)O)n2CCn1c(-c2c(C)cccc2C(=O)O)nc2c(OC)c(C(N)=O)ccc21. The molecule has 4 aromatic carbocycles. The number of imidazole rings is 2. The lowest BCUT2D eigenvalue weighted by Gasteiger charge is -2.17. The average Bonchev–Trinajstić information content (AvgIpc) is 3.67. The smallest absolute Gasteiger partial charge is 0.336 e. The topological polar surface area (TPSA) is 215 Å². The summed E-state index contributed by atoms with van der Waals surface area (Å²) in [6.07, 6.45) is 0. The summed E-state index contributed by atoms with van der Waals surface area (Å²) in [6.45, 7) is 7.83. The number of hydrogen-bond donors (Lipinski definition) is 4. The summed E-state index contributed by atoms with van der Waals surface area (Å²) in [7, 11) is 2.77. The number of amides is 2. The first-order valence-electron chi connectivity index (χ1n) is 16.3. The van der Waals surface area contributed by atoms with Gasteiger partial charge in [-0.3, -0.25) is 9.59 Å². The van der Waals surface area contributed by atoms with Gasteiger partial charge in [-0.15, -0.1) is 0 Å². The second-order valence-corrected chi connectivity index (χ2v) is 11.5. The number of hydrogen-bond acceptors (Lipinski definition) is 8.